The van der Waals surface area contributed by atoms with Gasteiger partial charge in [0.15, 0.2) is 6.10 Å². The van der Waals surface area contributed by atoms with E-state index in [1.54, 1.807) is 55.6 Å². The van der Waals surface area contributed by atoms with Crippen LogP contribution < -0.4 is 14.8 Å². The highest BCUT2D eigenvalue weighted by molar-refractivity contribution is 5.95. The molecule has 146 valence electrons. The predicted octanol–water partition coefficient (Wildman–Crippen LogP) is 3.30. The van der Waals surface area contributed by atoms with E-state index in [0.29, 0.717) is 30.0 Å². The van der Waals surface area contributed by atoms with Crippen molar-refractivity contribution in [2.24, 2.45) is 0 Å². The molecule has 0 radical (unpaired) electrons. The van der Waals surface area contributed by atoms with E-state index in [-0.39, 0.29) is 6.42 Å². The van der Waals surface area contributed by atoms with E-state index in [9.17, 15) is 9.59 Å². The zero-order chi connectivity index (χ0) is 20.4. The number of rotatable bonds is 9. The Morgan fingerprint density at radius 1 is 1.14 bits per heavy atom. The van der Waals surface area contributed by atoms with Crippen molar-refractivity contribution in [3.05, 3.63) is 54.1 Å². The van der Waals surface area contributed by atoms with Crippen molar-refractivity contribution in [3.63, 3.8) is 0 Å². The lowest BCUT2D eigenvalue weighted by Gasteiger charge is -2.14. The molecule has 2 rings (SSSR count). The van der Waals surface area contributed by atoms with Gasteiger partial charge < -0.3 is 19.5 Å². The number of nitrogens with one attached hydrogen (secondary N) is 1. The Morgan fingerprint density at radius 3 is 2.54 bits per heavy atom. The monoisotopic (exact) mass is 382 g/mol. The van der Waals surface area contributed by atoms with Gasteiger partial charge in [-0.2, -0.15) is 5.26 Å². The number of nitriles is 1. The summed E-state index contributed by atoms with van der Waals surface area (Å²) in [5, 5.41) is 11.5. The molecule has 0 bridgehead atoms. The molecule has 0 aliphatic rings. The third-order valence-corrected chi connectivity index (χ3v) is 3.79. The van der Waals surface area contributed by atoms with Crippen molar-refractivity contribution in [3.8, 4) is 17.6 Å². The van der Waals surface area contributed by atoms with Gasteiger partial charge in [0.1, 0.15) is 11.5 Å². The Hall–Kier alpha value is -3.53. The van der Waals surface area contributed by atoms with E-state index in [4.69, 9.17) is 19.5 Å². The Labute approximate surface area is 163 Å². The molecule has 28 heavy (non-hydrogen) atoms. The Morgan fingerprint density at radius 2 is 1.86 bits per heavy atom. The summed E-state index contributed by atoms with van der Waals surface area (Å²) in [7, 11) is 1.59. The quantitative estimate of drug-likeness (QED) is 0.528. The van der Waals surface area contributed by atoms with E-state index in [2.05, 4.69) is 5.32 Å². The molecule has 0 fully saturated rings. The largest absolute Gasteiger partial charge is 0.497 e. The van der Waals surface area contributed by atoms with Gasteiger partial charge in [0.05, 0.1) is 25.3 Å². The van der Waals surface area contributed by atoms with Crippen molar-refractivity contribution < 1.29 is 23.8 Å². The number of hydrogen-bond donors (Lipinski definition) is 1. The van der Waals surface area contributed by atoms with E-state index in [1.807, 2.05) is 6.07 Å². The maximum atomic E-state index is 12.1. The van der Waals surface area contributed by atoms with Gasteiger partial charge >= 0.3 is 5.97 Å². The lowest BCUT2D eigenvalue weighted by molar-refractivity contribution is -0.153. The number of carbonyl (C=O) groups excluding carboxylic acids is 2. The summed E-state index contributed by atoms with van der Waals surface area (Å²) in [5.74, 6) is 0.480. The molecule has 7 nitrogen and oxygen atoms in total. The number of anilines is 1. The number of nitrogens with zero attached hydrogens (tertiary/aromatic N) is 1. The van der Waals surface area contributed by atoms with Crippen molar-refractivity contribution in [2.45, 2.75) is 25.9 Å². The van der Waals surface area contributed by atoms with Crippen LogP contribution in [0.1, 0.15) is 25.3 Å². The molecule has 0 saturated carbocycles. The molecule has 0 saturated heterocycles. The van der Waals surface area contributed by atoms with Gasteiger partial charge in [-0.15, -0.1) is 0 Å². The fourth-order valence-electron chi connectivity index (χ4n) is 2.30. The lowest BCUT2D eigenvalue weighted by Crippen LogP contribution is -2.30. The molecular formula is C21H22N2O5. The molecule has 1 atom stereocenters. The van der Waals surface area contributed by atoms with Crippen LogP contribution in [0.5, 0.6) is 11.5 Å². The topological polar surface area (TPSA) is 97.7 Å². The highest BCUT2D eigenvalue weighted by Crippen LogP contribution is 2.17. The summed E-state index contributed by atoms with van der Waals surface area (Å²) >= 11 is 0. The molecule has 1 amide bonds. The molecule has 2 aromatic carbocycles. The SMILES string of the molecule is COc1ccc(OCCCC(=O)O[C@@H](C)C(=O)Nc2cccc(C#N)c2)cc1. The van der Waals surface area contributed by atoms with E-state index in [1.165, 1.54) is 6.92 Å². The first kappa shape index (κ1) is 20.8. The highest BCUT2D eigenvalue weighted by atomic mass is 16.5. The minimum Gasteiger partial charge on any atom is -0.497 e. The second-order valence-electron chi connectivity index (χ2n) is 5.94. The number of esters is 1. The second-order valence-corrected chi connectivity index (χ2v) is 5.94. The van der Waals surface area contributed by atoms with Crippen LogP contribution in [-0.2, 0) is 14.3 Å². The van der Waals surface area contributed by atoms with Crippen molar-refractivity contribution >= 4 is 17.6 Å². The van der Waals surface area contributed by atoms with Crippen LogP contribution in [0.15, 0.2) is 48.5 Å². The van der Waals surface area contributed by atoms with Crippen LogP contribution in [0.25, 0.3) is 0 Å². The van der Waals surface area contributed by atoms with E-state index in [0.717, 1.165) is 5.75 Å². The zero-order valence-electron chi connectivity index (χ0n) is 15.8. The second kappa shape index (κ2) is 10.6. The number of hydrogen-bond acceptors (Lipinski definition) is 6. The third kappa shape index (κ3) is 6.65. The van der Waals surface area contributed by atoms with Crippen LogP contribution >= 0.6 is 0 Å². The summed E-state index contributed by atoms with van der Waals surface area (Å²) in [6.45, 7) is 1.85. The maximum absolute atomic E-state index is 12.1. The average molecular weight is 382 g/mol. The molecule has 0 heterocycles. The Bertz CT molecular complexity index is 843. The number of amides is 1. The van der Waals surface area contributed by atoms with Crippen LogP contribution in [0.4, 0.5) is 5.69 Å². The molecule has 0 unspecified atom stereocenters. The highest BCUT2D eigenvalue weighted by Gasteiger charge is 2.17. The molecule has 7 heteroatoms. The zero-order valence-corrected chi connectivity index (χ0v) is 15.8. The van der Waals surface area contributed by atoms with Gasteiger partial charge in [-0.05, 0) is 55.8 Å². The molecule has 0 aromatic heterocycles. The fraction of sp³-hybridized carbons (Fsp3) is 0.286. The van der Waals surface area contributed by atoms with Gasteiger partial charge in [0.2, 0.25) is 0 Å². The van der Waals surface area contributed by atoms with Gasteiger partial charge in [-0.1, -0.05) is 6.07 Å². The average Bonchev–Trinajstić information content (AvgIpc) is 2.71. The Kier molecular flexibility index (Phi) is 7.85. The maximum Gasteiger partial charge on any atom is 0.306 e. The summed E-state index contributed by atoms with van der Waals surface area (Å²) in [6.07, 6.45) is -0.345. The van der Waals surface area contributed by atoms with Gasteiger partial charge in [-0.25, -0.2) is 0 Å². The van der Waals surface area contributed by atoms with E-state index < -0.39 is 18.0 Å². The number of carbonyl (C=O) groups is 2. The van der Waals surface area contributed by atoms with Crippen LogP contribution in [0.3, 0.4) is 0 Å². The molecule has 1 N–H and O–H groups in total. The number of benzene rings is 2. The molecule has 2 aromatic rings. The van der Waals surface area contributed by atoms with Crippen LogP contribution in [0.2, 0.25) is 0 Å². The first-order valence-electron chi connectivity index (χ1n) is 8.79. The normalized spacial score (nSPS) is 11.0. The molecule has 0 aliphatic carbocycles. The minimum absolute atomic E-state index is 0.137. The molecule has 0 aliphatic heterocycles. The summed E-state index contributed by atoms with van der Waals surface area (Å²) < 4.78 is 15.7. The summed E-state index contributed by atoms with van der Waals surface area (Å²) in [4.78, 5) is 24.0. The number of methoxy groups -OCH3 is 1. The van der Waals surface area contributed by atoms with Crippen LogP contribution in [0, 0.1) is 11.3 Å². The molecular weight excluding hydrogens is 360 g/mol. The van der Waals surface area contributed by atoms with Gasteiger partial charge in [-0.3, -0.25) is 9.59 Å². The smallest absolute Gasteiger partial charge is 0.306 e. The van der Waals surface area contributed by atoms with Crippen molar-refractivity contribution in [1.82, 2.24) is 0 Å². The van der Waals surface area contributed by atoms with Crippen molar-refractivity contribution in [2.75, 3.05) is 19.0 Å². The standard InChI is InChI=1S/C21H22N2O5/c1-15(21(25)23-17-6-3-5-16(13-17)14-22)28-20(24)7-4-12-27-19-10-8-18(26-2)9-11-19/h3,5-6,8-11,13,15H,4,7,12H2,1-2H3,(H,23,25)/t15-/m0/s1. The van der Waals surface area contributed by atoms with E-state index >= 15 is 0 Å². The number of ether oxygens (including phenoxy) is 3. The minimum atomic E-state index is -0.944. The Balaban J connectivity index is 1.69. The lowest BCUT2D eigenvalue weighted by atomic mass is 10.2. The molecule has 0 spiro atoms. The predicted molar refractivity (Wildman–Crippen MR) is 103 cm³/mol. The van der Waals surface area contributed by atoms with Gasteiger partial charge in [0, 0.05) is 12.1 Å². The summed E-state index contributed by atoms with van der Waals surface area (Å²) in [6, 6.07) is 15.6. The van der Waals surface area contributed by atoms with Gasteiger partial charge in [0.25, 0.3) is 5.91 Å². The van der Waals surface area contributed by atoms with Crippen LogP contribution in [-0.4, -0.2) is 31.7 Å². The summed E-state index contributed by atoms with van der Waals surface area (Å²) in [5.41, 5.74) is 0.902. The first-order chi connectivity index (χ1) is 13.5. The fourth-order valence-corrected chi connectivity index (χ4v) is 2.30. The van der Waals surface area contributed by atoms with Crippen molar-refractivity contribution in [1.29, 1.82) is 5.26 Å². The first-order valence-corrected chi connectivity index (χ1v) is 8.79. The third-order valence-electron chi connectivity index (χ3n) is 3.79.